The predicted octanol–water partition coefficient (Wildman–Crippen LogP) is 4.18. The van der Waals surface area contributed by atoms with Crippen molar-refractivity contribution in [3.05, 3.63) is 63.2 Å². The quantitative estimate of drug-likeness (QED) is 0.768. The molecule has 0 saturated carbocycles. The van der Waals surface area contributed by atoms with Crippen LogP contribution < -0.4 is 10.6 Å². The van der Waals surface area contributed by atoms with E-state index in [9.17, 15) is 4.79 Å². The highest BCUT2D eigenvalue weighted by Crippen LogP contribution is 2.10. The maximum atomic E-state index is 11.8. The zero-order valence-electron chi connectivity index (χ0n) is 11.3. The number of halogens is 1. The molecule has 0 radical (unpaired) electrons. The van der Waals surface area contributed by atoms with E-state index in [2.05, 4.69) is 46.2 Å². The van der Waals surface area contributed by atoms with Gasteiger partial charge in [-0.2, -0.15) is 0 Å². The average Bonchev–Trinajstić information content (AvgIpc) is 2.46. The Bertz CT molecular complexity index is 581. The van der Waals surface area contributed by atoms with Crippen LogP contribution in [0.5, 0.6) is 0 Å². The fourth-order valence-electron chi connectivity index (χ4n) is 1.83. The Labute approximate surface area is 132 Å². The number of nitrogens with one attached hydrogen (secondary N) is 2. The molecule has 0 unspecified atom stereocenters. The summed E-state index contributed by atoms with van der Waals surface area (Å²) in [5.41, 5.74) is 3.16. The van der Waals surface area contributed by atoms with Crippen molar-refractivity contribution in [3.63, 3.8) is 0 Å². The molecule has 0 aromatic heterocycles. The molecule has 20 heavy (non-hydrogen) atoms. The van der Waals surface area contributed by atoms with Crippen LogP contribution in [-0.4, -0.2) is 6.03 Å². The highest BCUT2D eigenvalue weighted by Gasteiger charge is 2.02. The summed E-state index contributed by atoms with van der Waals surface area (Å²) >= 11 is 2.26. The molecule has 104 valence electrons. The molecular weight excluding hydrogens is 363 g/mol. The molecule has 0 aliphatic carbocycles. The van der Waals surface area contributed by atoms with Crippen LogP contribution in [0, 0.1) is 3.57 Å². The summed E-state index contributed by atoms with van der Waals surface area (Å²) < 4.78 is 1.16. The molecule has 0 spiro atoms. The highest BCUT2D eigenvalue weighted by molar-refractivity contribution is 14.1. The number of urea groups is 1. The van der Waals surface area contributed by atoms with E-state index in [0.717, 1.165) is 21.2 Å². The second kappa shape index (κ2) is 7.28. The fourth-order valence-corrected chi connectivity index (χ4v) is 2.44. The predicted molar refractivity (Wildman–Crippen MR) is 90.8 cm³/mol. The van der Waals surface area contributed by atoms with Crippen molar-refractivity contribution in [3.8, 4) is 0 Å². The number of benzene rings is 2. The van der Waals surface area contributed by atoms with Gasteiger partial charge in [-0.3, -0.25) is 0 Å². The second-order valence-electron chi connectivity index (χ2n) is 4.49. The first-order valence-electron chi connectivity index (χ1n) is 6.55. The molecule has 2 rings (SSSR count). The van der Waals surface area contributed by atoms with E-state index in [-0.39, 0.29) is 6.03 Å². The largest absolute Gasteiger partial charge is 0.334 e. The van der Waals surface area contributed by atoms with Crippen LogP contribution in [0.4, 0.5) is 10.5 Å². The van der Waals surface area contributed by atoms with E-state index in [0.29, 0.717) is 6.54 Å². The lowest BCUT2D eigenvalue weighted by Gasteiger charge is -2.08. The molecule has 2 N–H and O–H groups in total. The third-order valence-electron chi connectivity index (χ3n) is 2.96. The fraction of sp³-hybridized carbons (Fsp3) is 0.188. The van der Waals surface area contributed by atoms with Gasteiger partial charge in [0.05, 0.1) is 0 Å². The number of anilines is 1. The third kappa shape index (κ3) is 4.52. The molecule has 0 saturated heterocycles. The monoisotopic (exact) mass is 380 g/mol. The molecule has 2 aromatic carbocycles. The second-order valence-corrected chi connectivity index (χ2v) is 5.73. The van der Waals surface area contributed by atoms with E-state index in [1.165, 1.54) is 5.56 Å². The van der Waals surface area contributed by atoms with Crippen molar-refractivity contribution < 1.29 is 4.79 Å². The number of hydrogen-bond acceptors (Lipinski definition) is 1. The third-order valence-corrected chi connectivity index (χ3v) is 3.63. The van der Waals surface area contributed by atoms with Crippen molar-refractivity contribution in [2.24, 2.45) is 0 Å². The maximum absolute atomic E-state index is 11.8. The zero-order valence-corrected chi connectivity index (χ0v) is 13.5. The summed E-state index contributed by atoms with van der Waals surface area (Å²) in [5.74, 6) is 0. The van der Waals surface area contributed by atoms with Gasteiger partial charge in [-0.1, -0.05) is 31.2 Å². The highest BCUT2D eigenvalue weighted by atomic mass is 127. The van der Waals surface area contributed by atoms with Crippen molar-refractivity contribution >= 4 is 34.3 Å². The summed E-state index contributed by atoms with van der Waals surface area (Å²) in [6.07, 6.45) is 0.999. The van der Waals surface area contributed by atoms with Crippen LogP contribution >= 0.6 is 22.6 Å². The lowest BCUT2D eigenvalue weighted by atomic mass is 10.1. The van der Waals surface area contributed by atoms with Gasteiger partial charge in [0.15, 0.2) is 0 Å². The molecule has 0 atom stereocenters. The number of aryl methyl sites for hydroxylation is 1. The van der Waals surface area contributed by atoms with Crippen molar-refractivity contribution in [2.75, 3.05) is 5.32 Å². The van der Waals surface area contributed by atoms with E-state index in [4.69, 9.17) is 0 Å². The minimum Gasteiger partial charge on any atom is -0.334 e. The van der Waals surface area contributed by atoms with Gasteiger partial charge in [0, 0.05) is 15.8 Å². The van der Waals surface area contributed by atoms with Crippen LogP contribution in [0.15, 0.2) is 48.5 Å². The summed E-state index contributed by atoms with van der Waals surface area (Å²) in [7, 11) is 0. The number of rotatable bonds is 4. The van der Waals surface area contributed by atoms with Crippen LogP contribution in [0.3, 0.4) is 0 Å². The lowest BCUT2D eigenvalue weighted by molar-refractivity contribution is 0.251. The van der Waals surface area contributed by atoms with E-state index in [1.807, 2.05) is 42.5 Å². The van der Waals surface area contributed by atoms with E-state index >= 15 is 0 Å². The first-order chi connectivity index (χ1) is 9.67. The molecule has 3 nitrogen and oxygen atoms in total. The summed E-state index contributed by atoms with van der Waals surface area (Å²) in [6.45, 7) is 2.63. The van der Waals surface area contributed by atoms with Crippen molar-refractivity contribution in [2.45, 2.75) is 19.9 Å². The average molecular weight is 380 g/mol. The summed E-state index contributed by atoms with van der Waals surface area (Å²) in [5, 5.41) is 5.68. The maximum Gasteiger partial charge on any atom is 0.319 e. The molecule has 0 aliphatic heterocycles. The molecule has 0 fully saturated rings. The Morgan fingerprint density at radius 1 is 1.10 bits per heavy atom. The Hall–Kier alpha value is -1.56. The summed E-state index contributed by atoms with van der Waals surface area (Å²) in [4.78, 5) is 11.8. The lowest BCUT2D eigenvalue weighted by Crippen LogP contribution is -2.28. The van der Waals surface area contributed by atoms with Gasteiger partial charge in [0.1, 0.15) is 0 Å². The Balaban J connectivity index is 1.85. The first-order valence-corrected chi connectivity index (χ1v) is 7.63. The van der Waals surface area contributed by atoms with Gasteiger partial charge in [-0.25, -0.2) is 4.79 Å². The van der Waals surface area contributed by atoms with E-state index < -0.39 is 0 Å². The SMILES string of the molecule is CCc1ccc(NC(=O)NCc2cccc(I)c2)cc1. The van der Waals surface area contributed by atoms with Gasteiger partial charge in [0.25, 0.3) is 0 Å². The van der Waals surface area contributed by atoms with Gasteiger partial charge >= 0.3 is 6.03 Å². The number of carbonyl (C=O) groups is 1. The smallest absolute Gasteiger partial charge is 0.319 e. The van der Waals surface area contributed by atoms with Crippen LogP contribution in [0.2, 0.25) is 0 Å². The molecule has 2 aromatic rings. The van der Waals surface area contributed by atoms with Crippen LogP contribution in [0.25, 0.3) is 0 Å². The van der Waals surface area contributed by atoms with Gasteiger partial charge in [0.2, 0.25) is 0 Å². The number of amides is 2. The Morgan fingerprint density at radius 3 is 2.50 bits per heavy atom. The van der Waals surface area contributed by atoms with Gasteiger partial charge in [-0.05, 0) is 64.4 Å². The molecule has 0 aliphatic rings. The molecular formula is C16H17IN2O. The van der Waals surface area contributed by atoms with Crippen LogP contribution in [-0.2, 0) is 13.0 Å². The van der Waals surface area contributed by atoms with E-state index in [1.54, 1.807) is 0 Å². The number of carbonyl (C=O) groups excluding carboxylic acids is 1. The minimum atomic E-state index is -0.187. The normalized spacial score (nSPS) is 10.1. The van der Waals surface area contributed by atoms with Crippen molar-refractivity contribution in [1.82, 2.24) is 5.32 Å². The Morgan fingerprint density at radius 2 is 1.85 bits per heavy atom. The molecule has 0 heterocycles. The van der Waals surface area contributed by atoms with Crippen LogP contribution in [0.1, 0.15) is 18.1 Å². The van der Waals surface area contributed by atoms with Gasteiger partial charge < -0.3 is 10.6 Å². The Kier molecular flexibility index (Phi) is 5.40. The molecule has 4 heteroatoms. The topological polar surface area (TPSA) is 41.1 Å². The molecule has 0 bridgehead atoms. The minimum absolute atomic E-state index is 0.187. The zero-order chi connectivity index (χ0) is 14.4. The standard InChI is InChI=1S/C16H17IN2O/c1-2-12-6-8-15(9-7-12)19-16(20)18-11-13-4-3-5-14(17)10-13/h3-10H,2,11H2,1H3,(H2,18,19,20). The van der Waals surface area contributed by atoms with Crippen molar-refractivity contribution in [1.29, 1.82) is 0 Å². The van der Waals surface area contributed by atoms with Gasteiger partial charge in [-0.15, -0.1) is 0 Å². The first kappa shape index (κ1) is 14.8. The molecule has 2 amide bonds. The summed E-state index contributed by atoms with van der Waals surface area (Å²) in [6, 6.07) is 15.8. The number of hydrogen-bond donors (Lipinski definition) is 2.